The van der Waals surface area contributed by atoms with Crippen molar-refractivity contribution in [1.82, 2.24) is 29.3 Å². The monoisotopic (exact) mass is 329 g/mol. The maximum atomic E-state index is 4.47. The maximum Gasteiger partial charge on any atom is 0.185 e. The molecule has 1 saturated heterocycles. The second kappa shape index (κ2) is 6.11. The SMILES string of the molecule is Cn1c(Cn2ccnc2)nnc1[C@@H]1CCCN(c2nccs2)C1. The predicted molar refractivity (Wildman–Crippen MR) is 88.6 cm³/mol. The molecule has 1 fully saturated rings. The fourth-order valence-electron chi connectivity index (χ4n) is 3.15. The maximum absolute atomic E-state index is 4.47. The summed E-state index contributed by atoms with van der Waals surface area (Å²) in [6.07, 6.45) is 9.71. The van der Waals surface area contributed by atoms with Crippen molar-refractivity contribution in [1.29, 1.82) is 0 Å². The molecule has 0 saturated carbocycles. The zero-order valence-electron chi connectivity index (χ0n) is 13.0. The minimum Gasteiger partial charge on any atom is -0.347 e. The number of hydrogen-bond donors (Lipinski definition) is 0. The van der Waals surface area contributed by atoms with Gasteiger partial charge in [0.25, 0.3) is 0 Å². The van der Waals surface area contributed by atoms with Gasteiger partial charge in [-0.05, 0) is 12.8 Å². The average molecular weight is 329 g/mol. The number of piperidine rings is 1. The van der Waals surface area contributed by atoms with Crippen molar-refractivity contribution in [3.8, 4) is 0 Å². The lowest BCUT2D eigenvalue weighted by Crippen LogP contribution is -2.35. The number of hydrogen-bond acceptors (Lipinski definition) is 6. The number of anilines is 1. The Morgan fingerprint density at radius 2 is 2.26 bits per heavy atom. The molecule has 120 valence electrons. The molecule has 4 rings (SSSR count). The van der Waals surface area contributed by atoms with Crippen LogP contribution in [0.3, 0.4) is 0 Å². The smallest absolute Gasteiger partial charge is 0.185 e. The first-order valence-electron chi connectivity index (χ1n) is 7.79. The van der Waals surface area contributed by atoms with Crippen LogP contribution in [0.5, 0.6) is 0 Å². The van der Waals surface area contributed by atoms with Crippen LogP contribution < -0.4 is 4.90 Å². The van der Waals surface area contributed by atoms with Crippen LogP contribution in [0.4, 0.5) is 5.13 Å². The molecule has 7 nitrogen and oxygen atoms in total. The van der Waals surface area contributed by atoms with E-state index in [0.717, 1.165) is 42.7 Å². The molecule has 1 atom stereocenters. The summed E-state index contributed by atoms with van der Waals surface area (Å²) >= 11 is 1.70. The lowest BCUT2D eigenvalue weighted by atomic mass is 9.97. The lowest BCUT2D eigenvalue weighted by molar-refractivity contribution is 0.477. The Balaban J connectivity index is 1.52. The molecule has 0 radical (unpaired) electrons. The number of nitrogens with zero attached hydrogens (tertiary/aromatic N) is 7. The van der Waals surface area contributed by atoms with Gasteiger partial charge in [-0.15, -0.1) is 21.5 Å². The summed E-state index contributed by atoms with van der Waals surface area (Å²) in [7, 11) is 2.06. The van der Waals surface area contributed by atoms with Crippen molar-refractivity contribution in [2.75, 3.05) is 18.0 Å². The first-order chi connectivity index (χ1) is 11.3. The van der Waals surface area contributed by atoms with Gasteiger partial charge >= 0.3 is 0 Å². The summed E-state index contributed by atoms with van der Waals surface area (Å²) < 4.78 is 4.15. The van der Waals surface area contributed by atoms with E-state index in [1.54, 1.807) is 23.9 Å². The number of aromatic nitrogens is 6. The van der Waals surface area contributed by atoms with Crippen molar-refractivity contribution < 1.29 is 0 Å². The van der Waals surface area contributed by atoms with Gasteiger partial charge in [-0.1, -0.05) is 0 Å². The van der Waals surface area contributed by atoms with Crippen molar-refractivity contribution in [3.05, 3.63) is 41.9 Å². The van der Waals surface area contributed by atoms with Gasteiger partial charge in [-0.3, -0.25) is 0 Å². The van der Waals surface area contributed by atoms with Gasteiger partial charge in [0.05, 0.1) is 12.9 Å². The molecule has 1 aliphatic rings. The van der Waals surface area contributed by atoms with E-state index in [4.69, 9.17) is 0 Å². The predicted octanol–water partition coefficient (Wildman–Crippen LogP) is 1.90. The minimum atomic E-state index is 0.404. The number of rotatable bonds is 4. The highest BCUT2D eigenvalue weighted by molar-refractivity contribution is 7.13. The van der Waals surface area contributed by atoms with Gasteiger partial charge in [0, 0.05) is 50.0 Å². The zero-order chi connectivity index (χ0) is 15.6. The summed E-state index contributed by atoms with van der Waals surface area (Å²) in [5, 5.41) is 12.0. The van der Waals surface area contributed by atoms with E-state index in [1.807, 2.05) is 22.3 Å². The van der Waals surface area contributed by atoms with Gasteiger partial charge < -0.3 is 14.0 Å². The fraction of sp³-hybridized carbons (Fsp3) is 0.467. The Bertz CT molecular complexity index is 747. The Hall–Kier alpha value is -2.22. The molecular formula is C15H19N7S. The van der Waals surface area contributed by atoms with E-state index in [2.05, 4.69) is 36.7 Å². The highest BCUT2D eigenvalue weighted by Crippen LogP contribution is 2.30. The number of thiazole rings is 1. The van der Waals surface area contributed by atoms with E-state index in [1.165, 1.54) is 0 Å². The molecule has 3 aromatic heterocycles. The second-order valence-electron chi connectivity index (χ2n) is 5.87. The standard InChI is InChI=1S/C15H19N7S/c1-20-13(10-21-7-4-16-11-21)18-19-14(20)12-3-2-6-22(9-12)15-17-5-8-23-15/h4-5,7-8,11-12H,2-3,6,9-10H2,1H3/t12-/m1/s1. The van der Waals surface area contributed by atoms with Crippen LogP contribution in [-0.4, -0.2) is 42.4 Å². The van der Waals surface area contributed by atoms with Crippen LogP contribution in [0.1, 0.15) is 30.4 Å². The first-order valence-corrected chi connectivity index (χ1v) is 8.67. The van der Waals surface area contributed by atoms with Crippen LogP contribution >= 0.6 is 11.3 Å². The zero-order valence-corrected chi connectivity index (χ0v) is 13.9. The molecular weight excluding hydrogens is 310 g/mol. The molecule has 3 aromatic rings. The molecule has 0 bridgehead atoms. The van der Waals surface area contributed by atoms with Crippen LogP contribution in [0.2, 0.25) is 0 Å². The molecule has 0 amide bonds. The largest absolute Gasteiger partial charge is 0.347 e. The Morgan fingerprint density at radius 1 is 1.30 bits per heavy atom. The second-order valence-corrected chi connectivity index (χ2v) is 6.74. The molecule has 1 aliphatic heterocycles. The Labute approximate surface area is 138 Å². The van der Waals surface area contributed by atoms with Crippen LogP contribution in [-0.2, 0) is 13.6 Å². The molecule has 8 heteroatoms. The topological polar surface area (TPSA) is 64.7 Å². The fourth-order valence-corrected chi connectivity index (χ4v) is 3.83. The van der Waals surface area contributed by atoms with Crippen molar-refractivity contribution >= 4 is 16.5 Å². The summed E-state index contributed by atoms with van der Waals surface area (Å²) in [4.78, 5) is 10.9. The van der Waals surface area contributed by atoms with Gasteiger partial charge in [-0.2, -0.15) is 0 Å². The third-order valence-electron chi connectivity index (χ3n) is 4.36. The van der Waals surface area contributed by atoms with Crippen molar-refractivity contribution in [2.45, 2.75) is 25.3 Å². The van der Waals surface area contributed by atoms with Crippen molar-refractivity contribution in [3.63, 3.8) is 0 Å². The Kier molecular flexibility index (Phi) is 3.82. The van der Waals surface area contributed by atoms with Gasteiger partial charge in [0.2, 0.25) is 0 Å². The molecule has 0 N–H and O–H groups in total. The van der Waals surface area contributed by atoms with E-state index in [-0.39, 0.29) is 0 Å². The van der Waals surface area contributed by atoms with E-state index < -0.39 is 0 Å². The Morgan fingerprint density at radius 3 is 3.04 bits per heavy atom. The highest BCUT2D eigenvalue weighted by atomic mass is 32.1. The highest BCUT2D eigenvalue weighted by Gasteiger charge is 2.27. The molecule has 0 spiro atoms. The van der Waals surface area contributed by atoms with Gasteiger partial charge in [-0.25, -0.2) is 9.97 Å². The van der Waals surface area contributed by atoms with E-state index >= 15 is 0 Å². The third-order valence-corrected chi connectivity index (χ3v) is 5.19. The lowest BCUT2D eigenvalue weighted by Gasteiger charge is -2.31. The number of imidazole rings is 1. The molecule has 0 aromatic carbocycles. The third kappa shape index (κ3) is 2.86. The van der Waals surface area contributed by atoms with Crippen LogP contribution in [0.15, 0.2) is 30.3 Å². The van der Waals surface area contributed by atoms with Gasteiger partial charge in [0.1, 0.15) is 5.82 Å². The summed E-state index contributed by atoms with van der Waals surface area (Å²) in [6, 6.07) is 0. The molecule has 0 aliphatic carbocycles. The molecule has 4 heterocycles. The van der Waals surface area contributed by atoms with Crippen LogP contribution in [0.25, 0.3) is 0 Å². The summed E-state index contributed by atoms with van der Waals surface area (Å²) in [6.45, 7) is 2.74. The first kappa shape index (κ1) is 14.4. The van der Waals surface area contributed by atoms with Gasteiger partial charge in [0.15, 0.2) is 11.0 Å². The molecule has 23 heavy (non-hydrogen) atoms. The molecule has 0 unspecified atom stereocenters. The summed E-state index contributed by atoms with van der Waals surface area (Å²) in [5.41, 5.74) is 0. The minimum absolute atomic E-state index is 0.404. The summed E-state index contributed by atoms with van der Waals surface area (Å²) in [5.74, 6) is 2.44. The quantitative estimate of drug-likeness (QED) is 0.731. The normalized spacial score (nSPS) is 18.5. The van der Waals surface area contributed by atoms with Crippen molar-refractivity contribution in [2.24, 2.45) is 7.05 Å². The van der Waals surface area contributed by atoms with E-state index in [0.29, 0.717) is 12.5 Å². The van der Waals surface area contributed by atoms with Crippen LogP contribution in [0, 0.1) is 0 Å². The average Bonchev–Trinajstić information content (AvgIpc) is 3.32. The van der Waals surface area contributed by atoms with E-state index in [9.17, 15) is 0 Å².